The Hall–Kier alpha value is 4.35. The van der Waals surface area contributed by atoms with Gasteiger partial charge in [0.05, 0.1) is 0 Å². The predicted octanol–water partition coefficient (Wildman–Crippen LogP) is 8.99. The monoisotopic (exact) mass is 621 g/mol. The molecule has 0 bridgehead atoms. The van der Waals surface area contributed by atoms with Crippen molar-refractivity contribution in [1.82, 2.24) is 0 Å². The van der Waals surface area contributed by atoms with Gasteiger partial charge in [-0.1, -0.05) is 162 Å². The molecule has 0 saturated heterocycles. The summed E-state index contributed by atoms with van der Waals surface area (Å²) in [6, 6.07) is 0. The average molecular weight is 628 g/mol. The van der Waals surface area contributed by atoms with Gasteiger partial charge < -0.3 is 0 Å². The van der Waals surface area contributed by atoms with E-state index in [1.54, 1.807) is 0 Å². The van der Waals surface area contributed by atoms with E-state index in [1.807, 2.05) is 0 Å². The molecular formula is C8Cl15. The molecule has 0 N–H and O–H groups in total. The summed E-state index contributed by atoms with van der Waals surface area (Å²) in [5.41, 5.74) is 0. The molecule has 1 aliphatic carbocycles. The minimum atomic E-state index is -2.72. The van der Waals surface area contributed by atoms with Gasteiger partial charge in [-0.15, -0.1) is 11.6 Å². The van der Waals surface area contributed by atoms with Crippen molar-refractivity contribution in [2.75, 3.05) is 0 Å². The Morgan fingerprint density at radius 3 is 0.739 bits per heavy atom. The Kier molecular flexibility index (Phi) is 7.67. The number of halogens is 15. The van der Waals surface area contributed by atoms with E-state index in [2.05, 4.69) is 0 Å². The first-order valence-electron chi connectivity index (χ1n) is 4.83. The first-order chi connectivity index (χ1) is 9.65. The standard InChI is InChI=1S/C8Cl15/c9-1-2(10,11)4(14,15)6(18,19)8(22,23)7(20,21)5(16,17)3(1,12)13. The Labute approximate surface area is 207 Å². The zero-order valence-corrected chi connectivity index (χ0v) is 21.0. The highest BCUT2D eigenvalue weighted by Gasteiger charge is 2.85. The average Bonchev–Trinajstić information content (AvgIpc) is 2.35. The first kappa shape index (κ1) is 25.4. The topological polar surface area (TPSA) is 0 Å². The van der Waals surface area contributed by atoms with Crippen molar-refractivity contribution in [1.29, 1.82) is 0 Å². The summed E-state index contributed by atoms with van der Waals surface area (Å²) in [5.74, 6) is 0. The third-order valence-electron chi connectivity index (χ3n) is 2.92. The molecule has 0 aliphatic heterocycles. The van der Waals surface area contributed by atoms with Crippen LogP contribution in [0.5, 0.6) is 0 Å². The molecule has 23 heavy (non-hydrogen) atoms. The van der Waals surface area contributed by atoms with Crippen molar-refractivity contribution in [2.24, 2.45) is 0 Å². The molecule has 0 heterocycles. The van der Waals surface area contributed by atoms with Crippen LogP contribution in [0.4, 0.5) is 0 Å². The van der Waals surface area contributed by atoms with Crippen molar-refractivity contribution < 1.29 is 0 Å². The summed E-state index contributed by atoms with van der Waals surface area (Å²) in [4.78, 5) is 0. The summed E-state index contributed by atoms with van der Waals surface area (Å²) < 4.78 is -18.6. The maximum absolute atomic E-state index is 6.12. The van der Waals surface area contributed by atoms with E-state index in [4.69, 9.17) is 174 Å². The van der Waals surface area contributed by atoms with E-state index in [9.17, 15) is 0 Å². The van der Waals surface area contributed by atoms with Crippen molar-refractivity contribution >= 4 is 174 Å². The molecule has 1 aliphatic rings. The van der Waals surface area contributed by atoms with Gasteiger partial charge in [0.1, 0.15) is 5.38 Å². The molecule has 1 radical (unpaired) electrons. The number of alkyl halides is 14. The Balaban J connectivity index is 3.95. The lowest BCUT2D eigenvalue weighted by Crippen LogP contribution is -2.74. The highest BCUT2D eigenvalue weighted by Crippen LogP contribution is 2.76. The van der Waals surface area contributed by atoms with Gasteiger partial charge in [0.15, 0.2) is 30.3 Å². The lowest BCUT2D eigenvalue weighted by molar-refractivity contribution is 0.423. The molecule has 0 nitrogen and oxygen atoms in total. The highest BCUT2D eigenvalue weighted by atomic mass is 35.6. The molecule has 0 aromatic carbocycles. The van der Waals surface area contributed by atoms with Crippen LogP contribution in [0, 0.1) is 5.38 Å². The molecule has 1 saturated carbocycles. The van der Waals surface area contributed by atoms with E-state index in [-0.39, 0.29) is 0 Å². The normalized spacial score (nSPS) is 33.5. The lowest BCUT2D eigenvalue weighted by atomic mass is 9.94. The van der Waals surface area contributed by atoms with Crippen molar-refractivity contribution in [3.63, 3.8) is 0 Å². The van der Waals surface area contributed by atoms with Gasteiger partial charge in [0.2, 0.25) is 0 Å². The molecule has 0 amide bonds. The molecule has 0 aromatic rings. The van der Waals surface area contributed by atoms with Crippen LogP contribution in [0.15, 0.2) is 0 Å². The van der Waals surface area contributed by atoms with Crippen LogP contribution in [0.25, 0.3) is 0 Å². The number of rotatable bonds is 0. The quantitative estimate of drug-likeness (QED) is 0.235. The van der Waals surface area contributed by atoms with Gasteiger partial charge >= 0.3 is 0 Å². The SMILES string of the molecule is Cl[C]1C(Cl)(Cl)C(Cl)(Cl)C(Cl)(Cl)C(Cl)(Cl)C(Cl)(Cl)C(Cl)(Cl)C1(Cl)Cl. The number of hydrogen-bond donors (Lipinski definition) is 0. The lowest BCUT2D eigenvalue weighted by Gasteiger charge is -2.58. The van der Waals surface area contributed by atoms with E-state index in [0.717, 1.165) is 0 Å². The van der Waals surface area contributed by atoms with Crippen LogP contribution < -0.4 is 0 Å². The Bertz CT molecular complexity index is 446. The van der Waals surface area contributed by atoms with Crippen molar-refractivity contribution in [2.45, 2.75) is 30.3 Å². The summed E-state index contributed by atoms with van der Waals surface area (Å²) in [5, 5.41) is -0.799. The largest absolute Gasteiger partial charge is 0.189 e. The molecule has 15 heteroatoms. The Morgan fingerprint density at radius 2 is 0.522 bits per heavy atom. The minimum Gasteiger partial charge on any atom is -0.110 e. The maximum atomic E-state index is 6.12. The highest BCUT2D eigenvalue weighted by molar-refractivity contribution is 6.82. The molecule has 1 rings (SSSR count). The molecule has 0 spiro atoms. The van der Waals surface area contributed by atoms with Gasteiger partial charge in [-0.05, 0) is 0 Å². The second-order valence-electron chi connectivity index (χ2n) is 4.33. The van der Waals surface area contributed by atoms with Gasteiger partial charge in [-0.25, -0.2) is 0 Å². The molecule has 1 fully saturated rings. The van der Waals surface area contributed by atoms with Gasteiger partial charge in [-0.3, -0.25) is 0 Å². The van der Waals surface area contributed by atoms with Gasteiger partial charge in [0.25, 0.3) is 0 Å². The smallest absolute Gasteiger partial charge is 0.110 e. The third-order valence-corrected chi connectivity index (χ3v) is 13.8. The van der Waals surface area contributed by atoms with E-state index < -0.39 is 35.7 Å². The fraction of sp³-hybridized carbons (Fsp3) is 0.875. The summed E-state index contributed by atoms with van der Waals surface area (Å²) >= 11 is 91.4. The van der Waals surface area contributed by atoms with Gasteiger partial charge in [0, 0.05) is 0 Å². The molecule has 0 unspecified atom stereocenters. The first-order valence-corrected chi connectivity index (χ1v) is 10.5. The number of hydrogen-bond acceptors (Lipinski definition) is 0. The third kappa shape index (κ3) is 3.16. The fourth-order valence-electron chi connectivity index (χ4n) is 1.46. The second kappa shape index (κ2) is 6.95. The van der Waals surface area contributed by atoms with Crippen molar-refractivity contribution in [3.8, 4) is 0 Å². The van der Waals surface area contributed by atoms with Gasteiger partial charge in [-0.2, -0.15) is 0 Å². The molecule has 0 aromatic heterocycles. The molecule has 137 valence electrons. The molecule has 0 atom stereocenters. The summed E-state index contributed by atoms with van der Waals surface area (Å²) in [7, 11) is 0. The minimum absolute atomic E-state index is 0.799. The van der Waals surface area contributed by atoms with Crippen LogP contribution >= 0.6 is 174 Å². The second-order valence-corrected chi connectivity index (χ2v) is 14.0. The molecular weight excluding hydrogens is 628 g/mol. The van der Waals surface area contributed by atoms with E-state index in [1.165, 1.54) is 0 Å². The predicted molar refractivity (Wildman–Crippen MR) is 110 cm³/mol. The van der Waals surface area contributed by atoms with E-state index in [0.29, 0.717) is 0 Å². The maximum Gasteiger partial charge on any atom is 0.189 e. The van der Waals surface area contributed by atoms with Crippen LogP contribution in [0.1, 0.15) is 0 Å². The summed E-state index contributed by atoms with van der Waals surface area (Å²) in [6.07, 6.45) is 0. The van der Waals surface area contributed by atoms with Crippen LogP contribution in [0.2, 0.25) is 0 Å². The zero-order chi connectivity index (χ0) is 19.1. The zero-order valence-electron chi connectivity index (χ0n) is 9.67. The Morgan fingerprint density at radius 1 is 0.348 bits per heavy atom. The van der Waals surface area contributed by atoms with E-state index >= 15 is 0 Å². The van der Waals surface area contributed by atoms with Crippen LogP contribution in [-0.2, 0) is 0 Å². The van der Waals surface area contributed by atoms with Crippen molar-refractivity contribution in [3.05, 3.63) is 5.38 Å². The van der Waals surface area contributed by atoms with Crippen LogP contribution in [-0.4, -0.2) is 30.3 Å². The fourth-order valence-corrected chi connectivity index (χ4v) is 6.88. The summed E-state index contributed by atoms with van der Waals surface area (Å²) in [6.45, 7) is 0. The van der Waals surface area contributed by atoms with Crippen LogP contribution in [0.3, 0.4) is 0 Å².